The van der Waals surface area contributed by atoms with Gasteiger partial charge in [-0.2, -0.15) is 0 Å². The zero-order valence-electron chi connectivity index (χ0n) is 16.2. The van der Waals surface area contributed by atoms with E-state index in [0.717, 1.165) is 5.56 Å². The molecule has 27 heavy (non-hydrogen) atoms. The van der Waals surface area contributed by atoms with Crippen molar-refractivity contribution in [3.8, 4) is 5.75 Å². The number of hydrogen-bond acceptors (Lipinski definition) is 4. The first kappa shape index (κ1) is 19.3. The van der Waals surface area contributed by atoms with Crippen molar-refractivity contribution in [3.05, 3.63) is 59.2 Å². The summed E-state index contributed by atoms with van der Waals surface area (Å²) in [4.78, 5) is 18.8. The maximum Gasteiger partial charge on any atom is 0.272 e. The van der Waals surface area contributed by atoms with E-state index in [0.29, 0.717) is 36.7 Å². The fourth-order valence-corrected chi connectivity index (χ4v) is 2.99. The SMILES string of the molecule is Cc1cc(C2CN(C(=O)c3ccc(OC(C)(C)C)cn3)CCO2)ccc1F. The monoisotopic (exact) mass is 372 g/mol. The van der Waals surface area contributed by atoms with Crippen molar-refractivity contribution < 1.29 is 18.7 Å². The minimum Gasteiger partial charge on any atom is -0.487 e. The second kappa shape index (κ2) is 7.64. The minimum atomic E-state index is -0.322. The number of ether oxygens (including phenoxy) is 2. The Balaban J connectivity index is 1.70. The lowest BCUT2D eigenvalue weighted by molar-refractivity contribution is -0.0230. The van der Waals surface area contributed by atoms with Crippen molar-refractivity contribution in [1.29, 1.82) is 0 Å². The number of amides is 1. The average Bonchev–Trinajstić information content (AvgIpc) is 2.63. The van der Waals surface area contributed by atoms with E-state index in [4.69, 9.17) is 9.47 Å². The molecule has 144 valence electrons. The van der Waals surface area contributed by atoms with Gasteiger partial charge in [-0.25, -0.2) is 9.37 Å². The van der Waals surface area contributed by atoms with Crippen LogP contribution in [0.15, 0.2) is 36.5 Å². The summed E-state index contributed by atoms with van der Waals surface area (Å²) in [7, 11) is 0. The number of nitrogens with zero attached hydrogens (tertiary/aromatic N) is 2. The molecule has 1 unspecified atom stereocenters. The summed E-state index contributed by atoms with van der Waals surface area (Å²) in [5.74, 6) is 0.231. The summed E-state index contributed by atoms with van der Waals surface area (Å²) in [5.41, 5.74) is 1.48. The van der Waals surface area contributed by atoms with Gasteiger partial charge < -0.3 is 14.4 Å². The second-order valence-electron chi connectivity index (χ2n) is 7.71. The van der Waals surface area contributed by atoms with Gasteiger partial charge >= 0.3 is 0 Å². The highest BCUT2D eigenvalue weighted by atomic mass is 19.1. The standard InChI is InChI=1S/C21H25FN2O3/c1-14-11-15(5-7-17(14)22)19-13-24(9-10-26-19)20(25)18-8-6-16(12-23-18)27-21(2,3)4/h5-8,11-12,19H,9-10,13H2,1-4H3. The number of pyridine rings is 1. The predicted octanol–water partition coefficient (Wildman–Crippen LogP) is 3.92. The lowest BCUT2D eigenvalue weighted by Crippen LogP contribution is -2.42. The van der Waals surface area contributed by atoms with Gasteiger partial charge in [-0.05, 0) is 57.0 Å². The lowest BCUT2D eigenvalue weighted by Gasteiger charge is -2.33. The van der Waals surface area contributed by atoms with Gasteiger partial charge in [-0.15, -0.1) is 0 Å². The van der Waals surface area contributed by atoms with Gasteiger partial charge in [0.2, 0.25) is 0 Å². The average molecular weight is 372 g/mol. The van der Waals surface area contributed by atoms with E-state index in [1.807, 2.05) is 20.8 Å². The van der Waals surface area contributed by atoms with Crippen LogP contribution in [-0.4, -0.2) is 41.1 Å². The summed E-state index contributed by atoms with van der Waals surface area (Å²) >= 11 is 0. The Hall–Kier alpha value is -2.47. The number of rotatable bonds is 3. The van der Waals surface area contributed by atoms with Crippen LogP contribution in [0.2, 0.25) is 0 Å². The Labute approximate surface area is 159 Å². The molecule has 0 bridgehead atoms. The highest BCUT2D eigenvalue weighted by Gasteiger charge is 2.27. The molecule has 2 heterocycles. The van der Waals surface area contributed by atoms with E-state index in [1.165, 1.54) is 6.07 Å². The lowest BCUT2D eigenvalue weighted by atomic mass is 10.0. The number of morpholine rings is 1. The van der Waals surface area contributed by atoms with Crippen LogP contribution < -0.4 is 4.74 Å². The van der Waals surface area contributed by atoms with Crippen molar-refractivity contribution in [2.24, 2.45) is 0 Å². The van der Waals surface area contributed by atoms with E-state index in [2.05, 4.69) is 4.98 Å². The van der Waals surface area contributed by atoms with Gasteiger partial charge in [0.1, 0.15) is 29.0 Å². The molecule has 1 atom stereocenters. The quantitative estimate of drug-likeness (QED) is 0.819. The second-order valence-corrected chi connectivity index (χ2v) is 7.71. The Kier molecular flexibility index (Phi) is 5.46. The molecule has 0 saturated carbocycles. The number of hydrogen-bond donors (Lipinski definition) is 0. The molecular formula is C21H25FN2O3. The number of halogens is 1. The molecule has 1 fully saturated rings. The molecule has 1 saturated heterocycles. The maximum absolute atomic E-state index is 13.5. The van der Waals surface area contributed by atoms with Crippen LogP contribution in [-0.2, 0) is 4.74 Å². The van der Waals surface area contributed by atoms with Crippen LogP contribution in [0.3, 0.4) is 0 Å². The van der Waals surface area contributed by atoms with Gasteiger partial charge in [-0.1, -0.05) is 12.1 Å². The molecule has 1 amide bonds. The van der Waals surface area contributed by atoms with Gasteiger partial charge in [0, 0.05) is 6.54 Å². The molecule has 1 aromatic carbocycles. The molecular weight excluding hydrogens is 347 g/mol. The highest BCUT2D eigenvalue weighted by molar-refractivity contribution is 5.92. The van der Waals surface area contributed by atoms with Crippen LogP contribution in [0.25, 0.3) is 0 Å². The molecule has 1 aliphatic rings. The van der Waals surface area contributed by atoms with Gasteiger partial charge in [0.25, 0.3) is 5.91 Å². The number of aryl methyl sites for hydroxylation is 1. The molecule has 2 aromatic rings. The van der Waals surface area contributed by atoms with E-state index in [-0.39, 0.29) is 23.4 Å². The fraction of sp³-hybridized carbons (Fsp3) is 0.429. The van der Waals surface area contributed by atoms with E-state index in [9.17, 15) is 9.18 Å². The van der Waals surface area contributed by atoms with Crippen molar-refractivity contribution in [1.82, 2.24) is 9.88 Å². The summed E-state index contributed by atoms with van der Waals surface area (Å²) in [6, 6.07) is 8.34. The van der Waals surface area contributed by atoms with Crippen LogP contribution >= 0.6 is 0 Å². The van der Waals surface area contributed by atoms with Crippen molar-refractivity contribution in [2.75, 3.05) is 19.7 Å². The van der Waals surface area contributed by atoms with Crippen LogP contribution in [0, 0.1) is 12.7 Å². The summed E-state index contributed by atoms with van der Waals surface area (Å²) in [6.45, 7) is 8.92. The van der Waals surface area contributed by atoms with Gasteiger partial charge in [0.05, 0.1) is 19.3 Å². The minimum absolute atomic E-state index is 0.149. The Morgan fingerprint density at radius 2 is 2.07 bits per heavy atom. The molecule has 0 aliphatic carbocycles. The van der Waals surface area contributed by atoms with E-state index in [1.54, 1.807) is 42.3 Å². The molecule has 3 rings (SSSR count). The van der Waals surface area contributed by atoms with Crippen molar-refractivity contribution in [2.45, 2.75) is 39.4 Å². The van der Waals surface area contributed by atoms with Crippen LogP contribution in [0.1, 0.15) is 48.5 Å². The summed E-state index contributed by atoms with van der Waals surface area (Å²) in [5, 5.41) is 0. The van der Waals surface area contributed by atoms with Crippen molar-refractivity contribution in [3.63, 3.8) is 0 Å². The number of carbonyl (C=O) groups excluding carboxylic acids is 1. The smallest absolute Gasteiger partial charge is 0.272 e. The first-order chi connectivity index (χ1) is 12.7. The zero-order valence-corrected chi connectivity index (χ0v) is 16.2. The third kappa shape index (κ3) is 4.83. The van der Waals surface area contributed by atoms with Gasteiger partial charge in [0.15, 0.2) is 0 Å². The molecule has 0 radical (unpaired) electrons. The molecule has 1 aliphatic heterocycles. The third-order valence-electron chi connectivity index (χ3n) is 4.29. The number of aromatic nitrogens is 1. The van der Waals surface area contributed by atoms with Gasteiger partial charge in [-0.3, -0.25) is 4.79 Å². The largest absolute Gasteiger partial charge is 0.487 e. The first-order valence-corrected chi connectivity index (χ1v) is 9.05. The molecule has 6 heteroatoms. The maximum atomic E-state index is 13.5. The Bertz CT molecular complexity index is 815. The summed E-state index contributed by atoms with van der Waals surface area (Å²) < 4.78 is 25.0. The van der Waals surface area contributed by atoms with E-state index >= 15 is 0 Å². The van der Waals surface area contributed by atoms with Crippen LogP contribution in [0.4, 0.5) is 4.39 Å². The summed E-state index contributed by atoms with van der Waals surface area (Å²) in [6.07, 6.45) is 1.30. The Morgan fingerprint density at radius 1 is 1.30 bits per heavy atom. The van der Waals surface area contributed by atoms with Crippen LogP contribution in [0.5, 0.6) is 5.75 Å². The highest BCUT2D eigenvalue weighted by Crippen LogP contribution is 2.25. The zero-order chi connectivity index (χ0) is 19.6. The third-order valence-corrected chi connectivity index (χ3v) is 4.29. The molecule has 1 aromatic heterocycles. The Morgan fingerprint density at radius 3 is 2.70 bits per heavy atom. The normalized spacial score (nSPS) is 17.7. The molecule has 0 N–H and O–H groups in total. The molecule has 0 spiro atoms. The number of benzene rings is 1. The first-order valence-electron chi connectivity index (χ1n) is 9.05. The predicted molar refractivity (Wildman–Crippen MR) is 100 cm³/mol. The molecule has 5 nitrogen and oxygen atoms in total. The fourth-order valence-electron chi connectivity index (χ4n) is 2.99. The van der Waals surface area contributed by atoms with Crippen molar-refractivity contribution >= 4 is 5.91 Å². The van der Waals surface area contributed by atoms with E-state index < -0.39 is 0 Å². The topological polar surface area (TPSA) is 51.7 Å². The number of carbonyl (C=O) groups is 1.